The van der Waals surface area contributed by atoms with Gasteiger partial charge >= 0.3 is 6.09 Å². The van der Waals surface area contributed by atoms with Gasteiger partial charge in [-0.2, -0.15) is 0 Å². The van der Waals surface area contributed by atoms with Gasteiger partial charge in [-0.05, 0) is 37.9 Å². The zero-order valence-corrected chi connectivity index (χ0v) is 8.24. The van der Waals surface area contributed by atoms with E-state index in [0.717, 1.165) is 32.5 Å². The van der Waals surface area contributed by atoms with Crippen LogP contribution in [0.4, 0.5) is 4.79 Å². The summed E-state index contributed by atoms with van der Waals surface area (Å²) in [7, 11) is 0. The van der Waals surface area contributed by atoms with Crippen molar-refractivity contribution in [3.05, 3.63) is 12.3 Å². The van der Waals surface area contributed by atoms with Gasteiger partial charge in [0, 0.05) is 13.1 Å². The monoisotopic (exact) mass is 196 g/mol. The molecule has 4 nitrogen and oxygen atoms in total. The third kappa shape index (κ3) is 2.26. The first-order valence-corrected chi connectivity index (χ1v) is 5.17. The van der Waals surface area contributed by atoms with Gasteiger partial charge in [0.05, 0.1) is 6.26 Å². The summed E-state index contributed by atoms with van der Waals surface area (Å²) in [6, 6.07) is 0. The van der Waals surface area contributed by atoms with Gasteiger partial charge < -0.3 is 15.0 Å². The predicted octanol–water partition coefficient (Wildman–Crippen LogP) is 0.952. The molecule has 2 rings (SSSR count). The van der Waals surface area contributed by atoms with E-state index in [1.165, 1.54) is 6.26 Å². The van der Waals surface area contributed by atoms with Crippen LogP contribution in [-0.2, 0) is 4.74 Å². The van der Waals surface area contributed by atoms with Gasteiger partial charge in [0.1, 0.15) is 0 Å². The number of rotatable bonds is 2. The summed E-state index contributed by atoms with van der Waals surface area (Å²) < 4.78 is 4.82. The summed E-state index contributed by atoms with van der Waals surface area (Å²) in [6.45, 7) is 3.68. The average Bonchev–Trinajstić information content (AvgIpc) is 2.23. The Labute approximate surface area is 83.9 Å². The molecule has 0 aromatic carbocycles. The highest BCUT2D eigenvalue weighted by molar-refractivity contribution is 5.69. The summed E-state index contributed by atoms with van der Waals surface area (Å²) in [5.41, 5.74) is 0. The molecule has 1 saturated heterocycles. The van der Waals surface area contributed by atoms with Crippen LogP contribution in [0.1, 0.15) is 12.8 Å². The Morgan fingerprint density at radius 1 is 1.50 bits per heavy atom. The minimum absolute atomic E-state index is 0.203. The second kappa shape index (κ2) is 4.46. The highest BCUT2D eigenvalue weighted by Crippen LogP contribution is 2.15. The summed E-state index contributed by atoms with van der Waals surface area (Å²) in [4.78, 5) is 13.1. The lowest BCUT2D eigenvalue weighted by Crippen LogP contribution is -2.40. The number of nitrogens with one attached hydrogen (secondary N) is 1. The van der Waals surface area contributed by atoms with Crippen molar-refractivity contribution in [3.63, 3.8) is 0 Å². The van der Waals surface area contributed by atoms with Gasteiger partial charge in [-0.25, -0.2) is 4.79 Å². The number of cyclic esters (lactones) is 1. The number of ether oxygens (including phenoxy) is 1. The number of carbonyl (C=O) groups excluding carboxylic acids is 1. The van der Waals surface area contributed by atoms with Gasteiger partial charge in [-0.1, -0.05) is 0 Å². The lowest BCUT2D eigenvalue weighted by Gasteiger charge is -2.29. The molecule has 0 bridgehead atoms. The molecular weight excluding hydrogens is 180 g/mol. The molecule has 0 atom stereocenters. The minimum atomic E-state index is -0.203. The Bertz CT molecular complexity index is 234. The molecule has 0 aliphatic carbocycles. The van der Waals surface area contributed by atoms with E-state index in [-0.39, 0.29) is 6.09 Å². The second-order valence-electron chi connectivity index (χ2n) is 3.85. The molecule has 14 heavy (non-hydrogen) atoms. The SMILES string of the molecule is O=C1OC=CCN1CC1CCNCC1. The van der Waals surface area contributed by atoms with Crippen LogP contribution in [0.5, 0.6) is 0 Å². The predicted molar refractivity (Wildman–Crippen MR) is 52.8 cm³/mol. The lowest BCUT2D eigenvalue weighted by molar-refractivity contribution is 0.122. The van der Waals surface area contributed by atoms with Crippen molar-refractivity contribution in [2.75, 3.05) is 26.2 Å². The van der Waals surface area contributed by atoms with E-state index in [2.05, 4.69) is 5.32 Å². The molecule has 78 valence electrons. The number of hydrogen-bond donors (Lipinski definition) is 1. The molecule has 2 heterocycles. The topological polar surface area (TPSA) is 41.6 Å². The van der Waals surface area contributed by atoms with Gasteiger partial charge in [-0.3, -0.25) is 0 Å². The van der Waals surface area contributed by atoms with Gasteiger partial charge in [0.15, 0.2) is 0 Å². The number of amides is 1. The van der Waals surface area contributed by atoms with Crippen molar-refractivity contribution in [3.8, 4) is 0 Å². The summed E-state index contributed by atoms with van der Waals surface area (Å²) in [6.07, 6.45) is 5.47. The van der Waals surface area contributed by atoms with Crippen molar-refractivity contribution in [1.29, 1.82) is 0 Å². The minimum Gasteiger partial charge on any atom is -0.418 e. The molecule has 4 heteroatoms. The van der Waals surface area contributed by atoms with Crippen molar-refractivity contribution < 1.29 is 9.53 Å². The Hall–Kier alpha value is -1.03. The maximum Gasteiger partial charge on any atom is 0.414 e. The standard InChI is InChI=1S/C10H16N2O2/c13-10-12(6-1-7-14-10)8-9-2-4-11-5-3-9/h1,7,9,11H,2-6,8H2. The maximum atomic E-state index is 11.3. The van der Waals surface area contributed by atoms with Crippen molar-refractivity contribution in [2.24, 2.45) is 5.92 Å². The van der Waals surface area contributed by atoms with E-state index in [9.17, 15) is 4.79 Å². The summed E-state index contributed by atoms with van der Waals surface area (Å²) >= 11 is 0. The Morgan fingerprint density at radius 3 is 3.00 bits per heavy atom. The van der Waals surface area contributed by atoms with Crippen LogP contribution in [0.15, 0.2) is 12.3 Å². The van der Waals surface area contributed by atoms with E-state index in [0.29, 0.717) is 12.5 Å². The highest BCUT2D eigenvalue weighted by atomic mass is 16.5. The van der Waals surface area contributed by atoms with Crippen LogP contribution < -0.4 is 5.32 Å². The molecule has 0 radical (unpaired) electrons. The molecule has 1 N–H and O–H groups in total. The van der Waals surface area contributed by atoms with Gasteiger partial charge in [0.25, 0.3) is 0 Å². The first-order chi connectivity index (χ1) is 6.86. The zero-order valence-electron chi connectivity index (χ0n) is 8.24. The molecule has 0 aromatic heterocycles. The highest BCUT2D eigenvalue weighted by Gasteiger charge is 2.22. The van der Waals surface area contributed by atoms with Crippen LogP contribution in [0, 0.1) is 5.92 Å². The van der Waals surface area contributed by atoms with Crippen LogP contribution >= 0.6 is 0 Å². The molecule has 0 aromatic rings. The van der Waals surface area contributed by atoms with Crippen LogP contribution in [0.3, 0.4) is 0 Å². The first-order valence-electron chi connectivity index (χ1n) is 5.17. The fraction of sp³-hybridized carbons (Fsp3) is 0.700. The Kier molecular flexibility index (Phi) is 3.03. The average molecular weight is 196 g/mol. The van der Waals surface area contributed by atoms with E-state index in [1.54, 1.807) is 4.90 Å². The largest absolute Gasteiger partial charge is 0.418 e. The number of piperidine rings is 1. The quantitative estimate of drug-likeness (QED) is 0.715. The molecule has 0 unspecified atom stereocenters. The van der Waals surface area contributed by atoms with E-state index in [1.807, 2.05) is 6.08 Å². The van der Waals surface area contributed by atoms with E-state index in [4.69, 9.17) is 4.74 Å². The molecule has 1 fully saturated rings. The fourth-order valence-electron chi connectivity index (χ4n) is 1.95. The Morgan fingerprint density at radius 2 is 2.29 bits per heavy atom. The number of carbonyl (C=O) groups is 1. The van der Waals surface area contributed by atoms with Gasteiger partial charge in [0.2, 0.25) is 0 Å². The van der Waals surface area contributed by atoms with Crippen LogP contribution in [0.25, 0.3) is 0 Å². The van der Waals surface area contributed by atoms with Crippen molar-refractivity contribution >= 4 is 6.09 Å². The zero-order chi connectivity index (χ0) is 9.80. The van der Waals surface area contributed by atoms with E-state index >= 15 is 0 Å². The van der Waals surface area contributed by atoms with Crippen molar-refractivity contribution in [2.45, 2.75) is 12.8 Å². The lowest BCUT2D eigenvalue weighted by atomic mass is 9.97. The fourth-order valence-corrected chi connectivity index (χ4v) is 1.95. The molecule has 0 spiro atoms. The summed E-state index contributed by atoms with van der Waals surface area (Å²) in [5.74, 6) is 0.635. The van der Waals surface area contributed by atoms with Crippen LogP contribution in [-0.4, -0.2) is 37.2 Å². The van der Waals surface area contributed by atoms with Gasteiger partial charge in [-0.15, -0.1) is 0 Å². The molecule has 2 aliphatic heterocycles. The molecule has 2 aliphatic rings. The summed E-state index contributed by atoms with van der Waals surface area (Å²) in [5, 5.41) is 3.31. The smallest absolute Gasteiger partial charge is 0.414 e. The molecule has 1 amide bonds. The number of hydrogen-bond acceptors (Lipinski definition) is 3. The Balaban J connectivity index is 1.83. The van der Waals surface area contributed by atoms with Crippen molar-refractivity contribution in [1.82, 2.24) is 10.2 Å². The first kappa shape index (κ1) is 9.52. The molecular formula is C10H16N2O2. The third-order valence-electron chi connectivity index (χ3n) is 2.79. The third-order valence-corrected chi connectivity index (χ3v) is 2.79. The maximum absolute atomic E-state index is 11.3. The van der Waals surface area contributed by atoms with Crippen LogP contribution in [0.2, 0.25) is 0 Å². The second-order valence-corrected chi connectivity index (χ2v) is 3.85. The number of nitrogens with zero attached hydrogens (tertiary/aromatic N) is 1. The normalized spacial score (nSPS) is 23.7. The van der Waals surface area contributed by atoms with E-state index < -0.39 is 0 Å². The molecule has 0 saturated carbocycles.